The number of rotatable bonds is 4. The molecular formula is C13H21NO. The number of hydrogen-bond donors (Lipinski definition) is 1. The Morgan fingerprint density at radius 1 is 1.20 bits per heavy atom. The van der Waals surface area contributed by atoms with E-state index in [2.05, 4.69) is 30.9 Å². The van der Waals surface area contributed by atoms with Crippen LogP contribution in [0.2, 0.25) is 0 Å². The van der Waals surface area contributed by atoms with Crippen molar-refractivity contribution in [3.05, 3.63) is 29.8 Å². The minimum atomic E-state index is -0.761. The first kappa shape index (κ1) is 12.1. The molecule has 0 atom stereocenters. The van der Waals surface area contributed by atoms with Crippen LogP contribution in [0.5, 0.6) is 0 Å². The van der Waals surface area contributed by atoms with E-state index in [0.29, 0.717) is 0 Å². The zero-order valence-corrected chi connectivity index (χ0v) is 10.1. The minimum absolute atomic E-state index is 0.761. The fraction of sp³-hybridized carbons (Fsp3) is 0.538. The van der Waals surface area contributed by atoms with E-state index in [1.165, 1.54) is 5.69 Å². The Labute approximate surface area is 92.5 Å². The molecule has 0 bridgehead atoms. The largest absolute Gasteiger partial charge is 0.386 e. The van der Waals surface area contributed by atoms with Crippen LogP contribution in [0.3, 0.4) is 0 Å². The van der Waals surface area contributed by atoms with Gasteiger partial charge in [-0.25, -0.2) is 0 Å². The van der Waals surface area contributed by atoms with Crippen molar-refractivity contribution >= 4 is 5.69 Å². The molecule has 1 rings (SSSR count). The molecule has 2 heteroatoms. The van der Waals surface area contributed by atoms with Crippen molar-refractivity contribution in [2.24, 2.45) is 0 Å². The van der Waals surface area contributed by atoms with E-state index >= 15 is 0 Å². The summed E-state index contributed by atoms with van der Waals surface area (Å²) in [7, 11) is 0. The molecule has 0 aliphatic heterocycles. The molecule has 0 heterocycles. The van der Waals surface area contributed by atoms with E-state index in [-0.39, 0.29) is 0 Å². The van der Waals surface area contributed by atoms with Crippen molar-refractivity contribution in [2.75, 3.05) is 18.0 Å². The molecule has 0 aromatic heterocycles. The first-order valence-electron chi connectivity index (χ1n) is 5.57. The van der Waals surface area contributed by atoms with Gasteiger partial charge in [-0.2, -0.15) is 0 Å². The van der Waals surface area contributed by atoms with E-state index in [1.54, 1.807) is 0 Å². The molecule has 15 heavy (non-hydrogen) atoms. The monoisotopic (exact) mass is 207 g/mol. The van der Waals surface area contributed by atoms with E-state index in [9.17, 15) is 5.11 Å². The average Bonchev–Trinajstić information content (AvgIpc) is 2.19. The molecule has 1 aromatic carbocycles. The predicted molar refractivity (Wildman–Crippen MR) is 65.2 cm³/mol. The van der Waals surface area contributed by atoms with Crippen molar-refractivity contribution < 1.29 is 5.11 Å². The summed E-state index contributed by atoms with van der Waals surface area (Å²) in [5.74, 6) is 0. The van der Waals surface area contributed by atoms with Gasteiger partial charge in [0.05, 0.1) is 5.60 Å². The third-order valence-electron chi connectivity index (χ3n) is 2.68. The van der Waals surface area contributed by atoms with Crippen LogP contribution in [-0.4, -0.2) is 18.2 Å². The molecule has 0 saturated heterocycles. The molecule has 0 aliphatic rings. The van der Waals surface area contributed by atoms with E-state index in [0.717, 1.165) is 18.7 Å². The second-order valence-electron chi connectivity index (χ2n) is 4.28. The molecule has 1 aromatic rings. The molecule has 0 spiro atoms. The molecule has 2 nitrogen and oxygen atoms in total. The molecule has 0 fully saturated rings. The van der Waals surface area contributed by atoms with Crippen LogP contribution >= 0.6 is 0 Å². The Balaban J connectivity index is 3.02. The zero-order valence-electron chi connectivity index (χ0n) is 10.1. The lowest BCUT2D eigenvalue weighted by Crippen LogP contribution is -2.23. The molecule has 0 radical (unpaired) electrons. The second kappa shape index (κ2) is 4.67. The maximum Gasteiger partial charge on any atom is 0.0841 e. The Hall–Kier alpha value is -1.02. The highest BCUT2D eigenvalue weighted by Crippen LogP contribution is 2.24. The van der Waals surface area contributed by atoms with Gasteiger partial charge >= 0.3 is 0 Å². The Morgan fingerprint density at radius 2 is 1.80 bits per heavy atom. The highest BCUT2D eigenvalue weighted by atomic mass is 16.3. The highest BCUT2D eigenvalue weighted by Gasteiger charge is 2.16. The summed E-state index contributed by atoms with van der Waals surface area (Å²) in [6.07, 6.45) is 0. The summed E-state index contributed by atoms with van der Waals surface area (Å²) in [5.41, 5.74) is 1.38. The summed E-state index contributed by atoms with van der Waals surface area (Å²) in [6.45, 7) is 9.89. The van der Waals surface area contributed by atoms with Crippen molar-refractivity contribution in [3.8, 4) is 0 Å². The van der Waals surface area contributed by atoms with Gasteiger partial charge in [-0.3, -0.25) is 0 Å². The van der Waals surface area contributed by atoms with Crippen LogP contribution in [0.15, 0.2) is 24.3 Å². The lowest BCUT2D eigenvalue weighted by atomic mass is 9.98. The SMILES string of the molecule is CCN(CC)c1cccc(C(C)(C)O)c1. The predicted octanol–water partition coefficient (Wildman–Crippen LogP) is 2.76. The number of hydrogen-bond acceptors (Lipinski definition) is 2. The number of benzene rings is 1. The quantitative estimate of drug-likeness (QED) is 0.820. The summed E-state index contributed by atoms with van der Waals surface area (Å²) < 4.78 is 0. The van der Waals surface area contributed by atoms with Crippen molar-refractivity contribution in [2.45, 2.75) is 33.3 Å². The van der Waals surface area contributed by atoms with E-state index in [4.69, 9.17) is 0 Å². The molecule has 0 aliphatic carbocycles. The summed E-state index contributed by atoms with van der Waals surface area (Å²) in [6, 6.07) is 8.11. The van der Waals surface area contributed by atoms with Crippen LogP contribution < -0.4 is 4.90 Å². The highest BCUT2D eigenvalue weighted by molar-refractivity contribution is 5.49. The van der Waals surface area contributed by atoms with Crippen LogP contribution in [0.4, 0.5) is 5.69 Å². The van der Waals surface area contributed by atoms with E-state index < -0.39 is 5.60 Å². The number of nitrogens with zero attached hydrogens (tertiary/aromatic N) is 1. The number of anilines is 1. The fourth-order valence-electron chi connectivity index (χ4n) is 1.67. The van der Waals surface area contributed by atoms with Crippen LogP contribution in [-0.2, 0) is 5.60 Å². The average molecular weight is 207 g/mol. The van der Waals surface area contributed by atoms with E-state index in [1.807, 2.05) is 26.0 Å². The maximum absolute atomic E-state index is 9.92. The number of aliphatic hydroxyl groups is 1. The van der Waals surface area contributed by atoms with Gasteiger partial charge in [-0.15, -0.1) is 0 Å². The third-order valence-corrected chi connectivity index (χ3v) is 2.68. The lowest BCUT2D eigenvalue weighted by molar-refractivity contribution is 0.0786. The fourth-order valence-corrected chi connectivity index (χ4v) is 1.67. The van der Waals surface area contributed by atoms with Gasteiger partial charge in [0, 0.05) is 18.8 Å². The Morgan fingerprint density at radius 3 is 2.27 bits per heavy atom. The van der Waals surface area contributed by atoms with Crippen LogP contribution in [0.25, 0.3) is 0 Å². The van der Waals surface area contributed by atoms with Gasteiger partial charge < -0.3 is 10.0 Å². The van der Waals surface area contributed by atoms with Crippen LogP contribution in [0.1, 0.15) is 33.3 Å². The smallest absolute Gasteiger partial charge is 0.0841 e. The van der Waals surface area contributed by atoms with Crippen molar-refractivity contribution in [1.82, 2.24) is 0 Å². The summed E-state index contributed by atoms with van der Waals surface area (Å²) in [5, 5.41) is 9.92. The summed E-state index contributed by atoms with van der Waals surface area (Å²) >= 11 is 0. The third kappa shape index (κ3) is 2.96. The lowest BCUT2D eigenvalue weighted by Gasteiger charge is -2.24. The normalized spacial score (nSPS) is 11.5. The van der Waals surface area contributed by atoms with Gasteiger partial charge in [0.1, 0.15) is 0 Å². The van der Waals surface area contributed by atoms with Gasteiger partial charge in [0.25, 0.3) is 0 Å². The molecule has 0 saturated carbocycles. The van der Waals surface area contributed by atoms with Gasteiger partial charge in [0.2, 0.25) is 0 Å². The maximum atomic E-state index is 9.92. The second-order valence-corrected chi connectivity index (χ2v) is 4.28. The Kier molecular flexibility index (Phi) is 3.75. The standard InChI is InChI=1S/C13H21NO/c1-5-14(6-2)12-9-7-8-11(10-12)13(3,4)15/h7-10,15H,5-6H2,1-4H3. The van der Waals surface area contributed by atoms with Crippen LogP contribution in [0, 0.1) is 0 Å². The zero-order chi connectivity index (χ0) is 11.5. The Bertz CT molecular complexity index is 311. The molecular weight excluding hydrogens is 186 g/mol. The van der Waals surface area contributed by atoms with Crippen molar-refractivity contribution in [1.29, 1.82) is 0 Å². The van der Waals surface area contributed by atoms with Crippen molar-refractivity contribution in [3.63, 3.8) is 0 Å². The molecule has 84 valence electrons. The van der Waals surface area contributed by atoms with Gasteiger partial charge in [0.15, 0.2) is 0 Å². The molecule has 0 amide bonds. The minimum Gasteiger partial charge on any atom is -0.386 e. The topological polar surface area (TPSA) is 23.5 Å². The molecule has 0 unspecified atom stereocenters. The van der Waals surface area contributed by atoms with Gasteiger partial charge in [-0.1, -0.05) is 12.1 Å². The first-order valence-corrected chi connectivity index (χ1v) is 5.57. The first-order chi connectivity index (χ1) is 6.99. The molecule has 1 N–H and O–H groups in total. The van der Waals surface area contributed by atoms with Gasteiger partial charge in [-0.05, 0) is 45.4 Å². The summed E-state index contributed by atoms with van der Waals surface area (Å²) in [4.78, 5) is 2.27.